The Hall–Kier alpha value is -3.52. The quantitative estimate of drug-likeness (QED) is 0.587. The van der Waals surface area contributed by atoms with Crippen molar-refractivity contribution < 1.29 is 18.8 Å². The highest BCUT2D eigenvalue weighted by molar-refractivity contribution is 5.84. The lowest BCUT2D eigenvalue weighted by Crippen LogP contribution is -2.05. The summed E-state index contributed by atoms with van der Waals surface area (Å²) in [7, 11) is 1.58. The van der Waals surface area contributed by atoms with E-state index in [0.717, 1.165) is 0 Å². The summed E-state index contributed by atoms with van der Waals surface area (Å²) >= 11 is 0. The fourth-order valence-corrected chi connectivity index (χ4v) is 2.75. The van der Waals surface area contributed by atoms with Crippen LogP contribution in [0.1, 0.15) is 11.3 Å². The van der Waals surface area contributed by atoms with Crippen molar-refractivity contribution in [3.63, 3.8) is 0 Å². The zero-order chi connectivity index (χ0) is 19.0. The van der Waals surface area contributed by atoms with Gasteiger partial charge < -0.3 is 18.8 Å². The van der Waals surface area contributed by atoms with Crippen molar-refractivity contribution in [1.82, 2.24) is 15.1 Å². The lowest BCUT2D eigenvalue weighted by Gasteiger charge is -2.05. The maximum absolute atomic E-state index is 12.4. The van der Waals surface area contributed by atoms with Crippen molar-refractivity contribution in [2.24, 2.45) is 0 Å². The Labute approximate surface area is 153 Å². The Morgan fingerprint density at radius 2 is 2.00 bits per heavy atom. The molecule has 3 heterocycles. The maximum Gasteiger partial charge on any atom is 0.349 e. The number of pyridine rings is 1. The number of ether oxygens (including phenoxy) is 1. The average molecular weight is 365 g/mol. The van der Waals surface area contributed by atoms with Crippen LogP contribution < -0.4 is 10.4 Å². The largest absolute Gasteiger partial charge is 0.497 e. The van der Waals surface area contributed by atoms with Crippen molar-refractivity contribution in [3.05, 3.63) is 58.2 Å². The molecule has 0 amide bonds. The Bertz CT molecular complexity index is 1180. The van der Waals surface area contributed by atoms with E-state index in [9.17, 15) is 9.90 Å². The first-order valence-corrected chi connectivity index (χ1v) is 8.12. The van der Waals surface area contributed by atoms with E-state index in [-0.39, 0.29) is 18.1 Å². The molecule has 3 aromatic heterocycles. The third-order valence-corrected chi connectivity index (χ3v) is 4.21. The summed E-state index contributed by atoms with van der Waals surface area (Å²) in [6, 6.07) is 8.70. The van der Waals surface area contributed by atoms with Gasteiger partial charge in [0.15, 0.2) is 5.58 Å². The van der Waals surface area contributed by atoms with Gasteiger partial charge in [-0.1, -0.05) is 5.16 Å². The van der Waals surface area contributed by atoms with Gasteiger partial charge in [-0.05, 0) is 37.3 Å². The summed E-state index contributed by atoms with van der Waals surface area (Å²) < 4.78 is 15.8. The van der Waals surface area contributed by atoms with E-state index in [1.807, 2.05) is 0 Å². The van der Waals surface area contributed by atoms with E-state index in [4.69, 9.17) is 13.7 Å². The van der Waals surface area contributed by atoms with Gasteiger partial charge in [0.05, 0.1) is 19.4 Å². The second-order valence-electron chi connectivity index (χ2n) is 5.87. The van der Waals surface area contributed by atoms with Gasteiger partial charge in [0, 0.05) is 22.7 Å². The zero-order valence-electron chi connectivity index (χ0n) is 14.6. The summed E-state index contributed by atoms with van der Waals surface area (Å²) in [5.41, 5.74) is 1.63. The van der Waals surface area contributed by atoms with Crippen molar-refractivity contribution >= 4 is 11.0 Å². The van der Waals surface area contributed by atoms with Crippen LogP contribution in [0.5, 0.6) is 5.75 Å². The minimum atomic E-state index is -0.618. The van der Waals surface area contributed by atoms with Gasteiger partial charge in [-0.25, -0.2) is 4.79 Å². The van der Waals surface area contributed by atoms with Crippen LogP contribution in [0.4, 0.5) is 0 Å². The molecule has 0 atom stereocenters. The van der Waals surface area contributed by atoms with Gasteiger partial charge in [0.25, 0.3) is 5.89 Å². The Balaban J connectivity index is 1.81. The molecule has 0 radical (unpaired) electrons. The SMILES string of the molecule is COc1ccc(-c2noc(-c3cc4c(CO)cnc(C)c4oc3=O)n2)cc1. The molecule has 8 nitrogen and oxygen atoms in total. The molecule has 1 aromatic carbocycles. The summed E-state index contributed by atoms with van der Waals surface area (Å²) in [6.07, 6.45) is 1.54. The van der Waals surface area contributed by atoms with Crippen molar-refractivity contribution in [2.45, 2.75) is 13.5 Å². The Morgan fingerprint density at radius 1 is 1.22 bits per heavy atom. The molecule has 4 aromatic rings. The molecule has 0 spiro atoms. The minimum Gasteiger partial charge on any atom is -0.497 e. The number of hydrogen-bond donors (Lipinski definition) is 1. The Morgan fingerprint density at radius 3 is 2.70 bits per heavy atom. The van der Waals surface area contributed by atoms with E-state index in [1.54, 1.807) is 44.4 Å². The van der Waals surface area contributed by atoms with Gasteiger partial charge in [0.2, 0.25) is 5.82 Å². The van der Waals surface area contributed by atoms with Crippen LogP contribution in [-0.2, 0) is 6.61 Å². The normalized spacial score (nSPS) is 11.1. The van der Waals surface area contributed by atoms with Gasteiger partial charge >= 0.3 is 5.63 Å². The van der Waals surface area contributed by atoms with Gasteiger partial charge in [-0.15, -0.1) is 0 Å². The Kier molecular flexibility index (Phi) is 4.17. The first kappa shape index (κ1) is 16.9. The lowest BCUT2D eigenvalue weighted by molar-refractivity contribution is 0.282. The van der Waals surface area contributed by atoms with Crippen molar-refractivity contribution in [2.75, 3.05) is 7.11 Å². The lowest BCUT2D eigenvalue weighted by atomic mass is 10.1. The number of methoxy groups -OCH3 is 1. The summed E-state index contributed by atoms with van der Waals surface area (Å²) in [4.78, 5) is 20.8. The first-order chi connectivity index (χ1) is 13.1. The molecule has 0 unspecified atom stereocenters. The highest BCUT2D eigenvalue weighted by Gasteiger charge is 2.18. The van der Waals surface area contributed by atoms with E-state index in [0.29, 0.717) is 39.4 Å². The molecular formula is C19H15N3O5. The number of rotatable bonds is 4. The summed E-state index contributed by atoms with van der Waals surface area (Å²) in [5.74, 6) is 1.08. The van der Waals surface area contributed by atoms with E-state index >= 15 is 0 Å². The second-order valence-corrected chi connectivity index (χ2v) is 5.87. The van der Waals surface area contributed by atoms with E-state index in [1.165, 1.54) is 6.20 Å². The monoisotopic (exact) mass is 365 g/mol. The molecule has 0 fully saturated rings. The first-order valence-electron chi connectivity index (χ1n) is 8.12. The van der Waals surface area contributed by atoms with Gasteiger partial charge in [-0.2, -0.15) is 4.98 Å². The summed E-state index contributed by atoms with van der Waals surface area (Å²) in [5, 5.41) is 14.0. The smallest absolute Gasteiger partial charge is 0.349 e. The molecule has 0 saturated carbocycles. The molecule has 0 aliphatic rings. The van der Waals surface area contributed by atoms with Crippen LogP contribution in [0, 0.1) is 6.92 Å². The van der Waals surface area contributed by atoms with Crippen LogP contribution in [0.15, 0.2) is 50.3 Å². The number of hydrogen-bond acceptors (Lipinski definition) is 8. The number of aromatic nitrogens is 3. The number of nitrogens with zero attached hydrogens (tertiary/aromatic N) is 3. The van der Waals surface area contributed by atoms with Crippen LogP contribution in [0.2, 0.25) is 0 Å². The van der Waals surface area contributed by atoms with Crippen molar-refractivity contribution in [3.8, 4) is 28.6 Å². The van der Waals surface area contributed by atoms with Gasteiger partial charge in [-0.3, -0.25) is 4.98 Å². The van der Waals surface area contributed by atoms with Crippen LogP contribution >= 0.6 is 0 Å². The predicted octanol–water partition coefficient (Wildman–Crippen LogP) is 2.71. The van der Waals surface area contributed by atoms with Gasteiger partial charge in [0.1, 0.15) is 11.3 Å². The minimum absolute atomic E-state index is 0.0369. The third kappa shape index (κ3) is 2.96. The van der Waals surface area contributed by atoms with E-state index in [2.05, 4.69) is 15.1 Å². The molecule has 136 valence electrons. The summed E-state index contributed by atoms with van der Waals surface area (Å²) in [6.45, 7) is 1.48. The number of aliphatic hydroxyl groups excluding tert-OH is 1. The number of aryl methyl sites for hydroxylation is 1. The van der Waals surface area contributed by atoms with Crippen LogP contribution in [0.25, 0.3) is 33.8 Å². The molecule has 4 rings (SSSR count). The predicted molar refractivity (Wildman–Crippen MR) is 96.2 cm³/mol. The highest BCUT2D eigenvalue weighted by Crippen LogP contribution is 2.26. The molecule has 27 heavy (non-hydrogen) atoms. The number of aliphatic hydroxyl groups is 1. The fraction of sp³-hybridized carbons (Fsp3) is 0.158. The standard InChI is InChI=1S/C19H15N3O5/c1-10-16-14(12(9-23)8-20-10)7-15(19(24)26-16)18-21-17(22-27-18)11-3-5-13(25-2)6-4-11/h3-8,23H,9H2,1-2H3. The average Bonchev–Trinajstić information content (AvgIpc) is 3.18. The van der Waals surface area contributed by atoms with Crippen LogP contribution in [-0.4, -0.2) is 27.3 Å². The molecule has 0 aliphatic heterocycles. The maximum atomic E-state index is 12.4. The van der Waals surface area contributed by atoms with Crippen LogP contribution in [0.3, 0.4) is 0 Å². The molecule has 0 aliphatic carbocycles. The zero-order valence-corrected chi connectivity index (χ0v) is 14.6. The van der Waals surface area contributed by atoms with E-state index < -0.39 is 5.63 Å². The fourth-order valence-electron chi connectivity index (χ4n) is 2.75. The molecule has 1 N–H and O–H groups in total. The molecule has 0 bridgehead atoms. The van der Waals surface area contributed by atoms with Crippen molar-refractivity contribution in [1.29, 1.82) is 0 Å². The number of fused-ring (bicyclic) bond motifs is 1. The molecular weight excluding hydrogens is 350 g/mol. The molecule has 8 heteroatoms. The topological polar surface area (TPSA) is 111 Å². The third-order valence-electron chi connectivity index (χ3n) is 4.21. The second kappa shape index (κ2) is 6.65. The molecule has 0 saturated heterocycles. The highest BCUT2D eigenvalue weighted by atomic mass is 16.5. The number of benzene rings is 1.